The van der Waals surface area contributed by atoms with Crippen molar-refractivity contribution < 1.29 is 4.79 Å². The molecule has 0 aliphatic heterocycles. The largest absolute Gasteiger partial charge is 0.349 e. The molecule has 0 bridgehead atoms. The van der Waals surface area contributed by atoms with Crippen LogP contribution in [0.15, 0.2) is 54.6 Å². The van der Waals surface area contributed by atoms with Gasteiger partial charge in [0.25, 0.3) is 0 Å². The van der Waals surface area contributed by atoms with Crippen molar-refractivity contribution in [2.45, 2.75) is 44.2 Å². The summed E-state index contributed by atoms with van der Waals surface area (Å²) < 4.78 is 0. The van der Waals surface area contributed by atoms with Crippen LogP contribution in [-0.4, -0.2) is 11.2 Å². The zero-order valence-electron chi connectivity index (χ0n) is 14.1. The van der Waals surface area contributed by atoms with Gasteiger partial charge in [-0.25, -0.2) is 0 Å². The van der Waals surface area contributed by atoms with Gasteiger partial charge in [-0.2, -0.15) is 0 Å². The Morgan fingerprint density at radius 1 is 1.00 bits per heavy atom. The summed E-state index contributed by atoms with van der Waals surface area (Å²) in [5, 5.41) is 3.05. The number of nitrogens with one attached hydrogen (secondary N) is 1. The van der Waals surface area contributed by atoms with E-state index in [1.807, 2.05) is 32.0 Å². The van der Waals surface area contributed by atoms with E-state index in [0.29, 0.717) is 0 Å². The summed E-state index contributed by atoms with van der Waals surface area (Å²) in [6.07, 6.45) is 1.04. The van der Waals surface area contributed by atoms with E-state index < -0.39 is 0 Å². The fraction of sp³-hybridized carbons (Fsp3) is 0.350. The van der Waals surface area contributed by atoms with Gasteiger partial charge in [0.05, 0.1) is 11.3 Å². The first kappa shape index (κ1) is 17.6. The van der Waals surface area contributed by atoms with Crippen molar-refractivity contribution in [3.05, 3.63) is 71.3 Å². The van der Waals surface area contributed by atoms with Gasteiger partial charge < -0.3 is 5.32 Å². The smallest absolute Gasteiger partial charge is 0.233 e. The Morgan fingerprint density at radius 3 is 2.26 bits per heavy atom. The van der Waals surface area contributed by atoms with Gasteiger partial charge in [0, 0.05) is 5.75 Å². The van der Waals surface area contributed by atoms with Gasteiger partial charge in [0.1, 0.15) is 0 Å². The Morgan fingerprint density at radius 2 is 1.65 bits per heavy atom. The van der Waals surface area contributed by atoms with Crippen molar-refractivity contribution in [1.82, 2.24) is 5.32 Å². The topological polar surface area (TPSA) is 29.1 Å². The van der Waals surface area contributed by atoms with E-state index in [4.69, 9.17) is 0 Å². The van der Waals surface area contributed by atoms with Crippen molar-refractivity contribution in [3.63, 3.8) is 0 Å². The van der Waals surface area contributed by atoms with Crippen molar-refractivity contribution in [1.29, 1.82) is 0 Å². The van der Waals surface area contributed by atoms with Gasteiger partial charge >= 0.3 is 0 Å². The molecule has 0 aromatic heterocycles. The molecule has 2 nitrogen and oxygen atoms in total. The number of carbonyl (C=O) groups excluding carboxylic acids is 1. The molecule has 23 heavy (non-hydrogen) atoms. The quantitative estimate of drug-likeness (QED) is 0.795. The molecule has 0 heterocycles. The lowest BCUT2D eigenvalue weighted by atomic mass is 10.0. The van der Waals surface area contributed by atoms with Crippen molar-refractivity contribution in [2.75, 3.05) is 0 Å². The minimum Gasteiger partial charge on any atom is -0.349 e. The SMILES string of the molecule is CCc1ccc(C(C)NC(=O)C(C)SCc2ccccc2)cc1. The second-order valence-electron chi connectivity index (χ2n) is 5.76. The maximum Gasteiger partial charge on any atom is 0.233 e. The predicted octanol–water partition coefficient (Wildman–Crippen LogP) is 4.75. The van der Waals surface area contributed by atoms with Gasteiger partial charge in [-0.15, -0.1) is 11.8 Å². The summed E-state index contributed by atoms with van der Waals surface area (Å²) in [5.41, 5.74) is 3.72. The van der Waals surface area contributed by atoms with Crippen molar-refractivity contribution in [2.24, 2.45) is 0 Å². The maximum atomic E-state index is 12.3. The Balaban J connectivity index is 1.84. The Labute approximate surface area is 143 Å². The van der Waals surface area contributed by atoms with Gasteiger partial charge in [0.2, 0.25) is 5.91 Å². The number of thioether (sulfide) groups is 1. The first-order valence-electron chi connectivity index (χ1n) is 8.15. The van der Waals surface area contributed by atoms with Gasteiger partial charge in [-0.1, -0.05) is 61.5 Å². The zero-order chi connectivity index (χ0) is 16.7. The molecular weight excluding hydrogens is 302 g/mol. The van der Waals surface area contributed by atoms with Crippen LogP contribution in [-0.2, 0) is 17.0 Å². The predicted molar refractivity (Wildman–Crippen MR) is 99.6 cm³/mol. The fourth-order valence-corrected chi connectivity index (χ4v) is 3.18. The van der Waals surface area contributed by atoms with Crippen LogP contribution < -0.4 is 5.32 Å². The molecule has 2 rings (SSSR count). The first-order chi connectivity index (χ1) is 11.1. The third-order valence-electron chi connectivity index (χ3n) is 3.96. The van der Waals surface area contributed by atoms with Gasteiger partial charge in [-0.3, -0.25) is 4.79 Å². The second-order valence-corrected chi connectivity index (χ2v) is 7.09. The highest BCUT2D eigenvalue weighted by atomic mass is 32.2. The van der Waals surface area contributed by atoms with Crippen LogP contribution >= 0.6 is 11.8 Å². The first-order valence-corrected chi connectivity index (χ1v) is 9.19. The van der Waals surface area contributed by atoms with Crippen LogP contribution in [0.1, 0.15) is 43.5 Å². The molecule has 2 unspecified atom stereocenters. The Hall–Kier alpha value is -1.74. The maximum absolute atomic E-state index is 12.3. The normalized spacial score (nSPS) is 13.3. The number of benzene rings is 2. The molecule has 1 amide bonds. The van der Waals surface area contributed by atoms with Crippen LogP contribution in [0.4, 0.5) is 0 Å². The molecule has 0 saturated heterocycles. The number of carbonyl (C=O) groups is 1. The number of amides is 1. The summed E-state index contributed by atoms with van der Waals surface area (Å²) in [7, 11) is 0. The lowest BCUT2D eigenvalue weighted by Crippen LogP contribution is -2.33. The molecule has 0 aliphatic carbocycles. The number of rotatable bonds is 7. The monoisotopic (exact) mass is 327 g/mol. The van der Waals surface area contributed by atoms with E-state index in [2.05, 4.69) is 48.6 Å². The Kier molecular flexibility index (Phi) is 6.72. The van der Waals surface area contributed by atoms with E-state index in [0.717, 1.165) is 17.7 Å². The third-order valence-corrected chi connectivity index (χ3v) is 5.17. The van der Waals surface area contributed by atoms with Crippen LogP contribution in [0.2, 0.25) is 0 Å². The molecule has 0 aliphatic rings. The minimum atomic E-state index is -0.0624. The molecular formula is C20H25NOS. The average Bonchev–Trinajstić information content (AvgIpc) is 2.60. The minimum absolute atomic E-state index is 0.0354. The fourth-order valence-electron chi connectivity index (χ4n) is 2.33. The van der Waals surface area contributed by atoms with E-state index in [-0.39, 0.29) is 17.2 Å². The molecule has 1 N–H and O–H groups in total. The van der Waals surface area contributed by atoms with Crippen LogP contribution in [0.5, 0.6) is 0 Å². The molecule has 0 fully saturated rings. The number of aryl methyl sites for hydroxylation is 1. The molecule has 3 heteroatoms. The van der Waals surface area contributed by atoms with E-state index in [9.17, 15) is 4.79 Å². The number of hydrogen-bond donors (Lipinski definition) is 1. The third kappa shape index (κ3) is 5.43. The van der Waals surface area contributed by atoms with Crippen molar-refractivity contribution >= 4 is 17.7 Å². The van der Waals surface area contributed by atoms with E-state index in [1.165, 1.54) is 11.1 Å². The van der Waals surface area contributed by atoms with Crippen LogP contribution in [0, 0.1) is 0 Å². The molecule has 2 aromatic carbocycles. The van der Waals surface area contributed by atoms with Crippen LogP contribution in [0.3, 0.4) is 0 Å². The van der Waals surface area contributed by atoms with E-state index >= 15 is 0 Å². The summed E-state index contributed by atoms with van der Waals surface area (Å²) in [6, 6.07) is 18.8. The van der Waals surface area contributed by atoms with Crippen LogP contribution in [0.25, 0.3) is 0 Å². The van der Waals surface area contributed by atoms with Gasteiger partial charge in [0.15, 0.2) is 0 Å². The highest BCUT2D eigenvalue weighted by Gasteiger charge is 2.16. The molecule has 2 atom stereocenters. The lowest BCUT2D eigenvalue weighted by Gasteiger charge is -2.18. The summed E-state index contributed by atoms with van der Waals surface area (Å²) >= 11 is 1.67. The molecule has 122 valence electrons. The highest BCUT2D eigenvalue weighted by Crippen LogP contribution is 2.19. The highest BCUT2D eigenvalue weighted by molar-refractivity contribution is 7.99. The summed E-state index contributed by atoms with van der Waals surface area (Å²) in [6.45, 7) is 6.15. The molecule has 0 saturated carbocycles. The Bertz CT molecular complexity index is 609. The second kappa shape index (κ2) is 8.78. The lowest BCUT2D eigenvalue weighted by molar-refractivity contribution is -0.120. The standard InChI is InChI=1S/C20H25NOS/c1-4-17-10-12-19(13-11-17)15(2)21-20(22)16(3)23-14-18-8-6-5-7-9-18/h5-13,15-16H,4,14H2,1-3H3,(H,21,22). The van der Waals surface area contributed by atoms with E-state index in [1.54, 1.807) is 11.8 Å². The van der Waals surface area contributed by atoms with Gasteiger partial charge in [-0.05, 0) is 37.0 Å². The van der Waals surface area contributed by atoms with Crippen molar-refractivity contribution in [3.8, 4) is 0 Å². The molecule has 2 aromatic rings. The average molecular weight is 327 g/mol. The number of hydrogen-bond acceptors (Lipinski definition) is 2. The summed E-state index contributed by atoms with van der Waals surface area (Å²) in [5.74, 6) is 0.952. The molecule has 0 spiro atoms. The summed E-state index contributed by atoms with van der Waals surface area (Å²) in [4.78, 5) is 12.3. The molecule has 0 radical (unpaired) electrons. The zero-order valence-corrected chi connectivity index (χ0v) is 14.9.